The van der Waals surface area contributed by atoms with E-state index in [-0.39, 0.29) is 5.91 Å². The van der Waals surface area contributed by atoms with Crippen LogP contribution in [0.5, 0.6) is 0 Å². The average molecular weight is 483 g/mol. The fraction of sp³-hybridized carbons (Fsp3) is 0.0345. The second kappa shape index (κ2) is 9.68. The smallest absolute Gasteiger partial charge is 0.236 e. The maximum absolute atomic E-state index is 13.8. The summed E-state index contributed by atoms with van der Waals surface area (Å²) >= 11 is 12.6. The molecule has 0 bridgehead atoms. The molecule has 1 unspecified atom stereocenters. The van der Waals surface area contributed by atoms with Crippen LogP contribution < -0.4 is 5.32 Å². The summed E-state index contributed by atoms with van der Waals surface area (Å²) in [5, 5.41) is 5.21. The van der Waals surface area contributed by atoms with Crippen molar-refractivity contribution in [2.45, 2.75) is 5.92 Å². The molecule has 5 rings (SSSR count). The number of benzene rings is 4. The third kappa shape index (κ3) is 4.54. The minimum Gasteiger partial charge on any atom is -0.323 e. The van der Waals surface area contributed by atoms with Crippen molar-refractivity contribution in [1.82, 2.24) is 4.98 Å². The summed E-state index contributed by atoms with van der Waals surface area (Å²) in [5.41, 5.74) is 4.95. The maximum atomic E-state index is 13.8. The van der Waals surface area contributed by atoms with Gasteiger partial charge in [0.05, 0.1) is 23.3 Å². The van der Waals surface area contributed by atoms with Crippen LogP contribution in [0.1, 0.15) is 17.0 Å². The average Bonchev–Trinajstić information content (AvgIpc) is 2.85. The first-order valence-electron chi connectivity index (χ1n) is 10.8. The molecule has 1 heterocycles. The highest BCUT2D eigenvalue weighted by atomic mass is 35.5. The van der Waals surface area contributed by atoms with Crippen LogP contribution in [0.2, 0.25) is 10.0 Å². The van der Waals surface area contributed by atoms with Gasteiger partial charge in [-0.2, -0.15) is 0 Å². The summed E-state index contributed by atoms with van der Waals surface area (Å²) < 4.78 is 0. The van der Waals surface area contributed by atoms with Crippen LogP contribution in [0.25, 0.3) is 22.0 Å². The van der Waals surface area contributed by atoms with Crippen molar-refractivity contribution in [3.63, 3.8) is 0 Å². The van der Waals surface area contributed by atoms with E-state index in [1.807, 2.05) is 97.1 Å². The zero-order chi connectivity index (χ0) is 23.5. The number of anilines is 1. The van der Waals surface area contributed by atoms with E-state index in [1.54, 1.807) is 12.3 Å². The highest BCUT2D eigenvalue weighted by Gasteiger charge is 2.24. The molecular formula is C29H20Cl2N2O. The van der Waals surface area contributed by atoms with Crippen LogP contribution in [0.4, 0.5) is 5.69 Å². The predicted molar refractivity (Wildman–Crippen MR) is 141 cm³/mol. The van der Waals surface area contributed by atoms with Crippen molar-refractivity contribution in [2.24, 2.45) is 0 Å². The van der Waals surface area contributed by atoms with E-state index >= 15 is 0 Å². The number of pyridine rings is 1. The number of carbonyl (C=O) groups is 1. The van der Waals surface area contributed by atoms with Crippen molar-refractivity contribution in [3.05, 3.63) is 130 Å². The van der Waals surface area contributed by atoms with Crippen LogP contribution >= 0.6 is 23.2 Å². The highest BCUT2D eigenvalue weighted by Crippen LogP contribution is 2.37. The first kappa shape index (κ1) is 22.1. The number of nitrogens with one attached hydrogen (secondary N) is 1. The molecule has 5 heteroatoms. The van der Waals surface area contributed by atoms with Gasteiger partial charge in [0.2, 0.25) is 5.91 Å². The Morgan fingerprint density at radius 2 is 1.41 bits per heavy atom. The van der Waals surface area contributed by atoms with Crippen LogP contribution in [-0.4, -0.2) is 10.9 Å². The number of nitrogens with zero attached hydrogens (tertiary/aromatic N) is 1. The fourth-order valence-electron chi connectivity index (χ4n) is 4.21. The minimum atomic E-state index is -0.543. The lowest BCUT2D eigenvalue weighted by Crippen LogP contribution is -2.22. The molecule has 0 aliphatic carbocycles. The van der Waals surface area contributed by atoms with Crippen molar-refractivity contribution >= 4 is 45.7 Å². The third-order valence-corrected chi connectivity index (χ3v) is 6.20. The summed E-state index contributed by atoms with van der Waals surface area (Å²) in [6.07, 6.45) is 1.70. The number of rotatable bonds is 5. The molecule has 3 nitrogen and oxygen atoms in total. The SMILES string of the molecule is O=C(Nc1cnc2ccc(Cl)cc2c1-c1ccccc1)C(c1ccccc1)c1cccc(Cl)c1. The van der Waals surface area contributed by atoms with Crippen molar-refractivity contribution in [2.75, 3.05) is 5.32 Å². The Balaban J connectivity index is 1.63. The summed E-state index contributed by atoms with van der Waals surface area (Å²) in [4.78, 5) is 18.4. The molecule has 0 aliphatic heterocycles. The number of carbonyl (C=O) groups excluding carboxylic acids is 1. The van der Waals surface area contributed by atoms with Gasteiger partial charge in [-0.15, -0.1) is 0 Å². The molecule has 0 saturated carbocycles. The molecule has 1 N–H and O–H groups in total. The first-order chi connectivity index (χ1) is 16.6. The second-order valence-corrected chi connectivity index (χ2v) is 8.84. The molecule has 1 atom stereocenters. The lowest BCUT2D eigenvalue weighted by molar-refractivity contribution is -0.116. The Morgan fingerprint density at radius 3 is 2.15 bits per heavy atom. The Bertz CT molecular complexity index is 1470. The van der Waals surface area contributed by atoms with E-state index in [0.29, 0.717) is 15.7 Å². The van der Waals surface area contributed by atoms with Gasteiger partial charge >= 0.3 is 0 Å². The van der Waals surface area contributed by atoms with Crippen molar-refractivity contribution in [1.29, 1.82) is 0 Å². The first-order valence-corrected chi connectivity index (χ1v) is 11.6. The fourth-order valence-corrected chi connectivity index (χ4v) is 4.58. The summed E-state index contributed by atoms with van der Waals surface area (Å²) in [5.74, 6) is -0.715. The summed E-state index contributed by atoms with van der Waals surface area (Å²) in [6, 6.07) is 32.6. The molecule has 5 aromatic rings. The predicted octanol–water partition coefficient (Wildman–Crippen LogP) is 7.98. The summed E-state index contributed by atoms with van der Waals surface area (Å²) in [7, 11) is 0. The minimum absolute atomic E-state index is 0.172. The lowest BCUT2D eigenvalue weighted by atomic mass is 9.90. The number of aromatic nitrogens is 1. The van der Waals surface area contributed by atoms with Gasteiger partial charge in [0.1, 0.15) is 0 Å². The van der Waals surface area contributed by atoms with Gasteiger partial charge < -0.3 is 5.32 Å². The van der Waals surface area contributed by atoms with E-state index in [0.717, 1.165) is 33.2 Å². The van der Waals surface area contributed by atoms with Gasteiger partial charge in [0, 0.05) is 21.0 Å². The normalized spacial score (nSPS) is 11.8. The monoisotopic (exact) mass is 482 g/mol. The molecule has 0 spiro atoms. The van der Waals surface area contributed by atoms with Gasteiger partial charge in [0.25, 0.3) is 0 Å². The van der Waals surface area contributed by atoms with Gasteiger partial charge in [-0.1, -0.05) is 96.0 Å². The molecule has 0 aliphatic rings. The molecule has 0 fully saturated rings. The molecule has 1 aromatic heterocycles. The maximum Gasteiger partial charge on any atom is 0.236 e. The third-order valence-electron chi connectivity index (χ3n) is 5.73. The quantitative estimate of drug-likeness (QED) is 0.275. The van der Waals surface area contributed by atoms with Crippen LogP contribution in [-0.2, 0) is 4.79 Å². The number of halogens is 2. The van der Waals surface area contributed by atoms with Crippen LogP contribution in [0.3, 0.4) is 0 Å². The highest BCUT2D eigenvalue weighted by molar-refractivity contribution is 6.31. The van der Waals surface area contributed by atoms with Gasteiger partial charge in [-0.05, 0) is 47.0 Å². The molecule has 0 radical (unpaired) electrons. The van der Waals surface area contributed by atoms with E-state index < -0.39 is 5.92 Å². The van der Waals surface area contributed by atoms with E-state index in [1.165, 1.54) is 0 Å². The van der Waals surface area contributed by atoms with E-state index in [9.17, 15) is 4.79 Å². The molecule has 166 valence electrons. The van der Waals surface area contributed by atoms with Crippen LogP contribution in [0, 0.1) is 0 Å². The van der Waals surface area contributed by atoms with Gasteiger partial charge in [-0.25, -0.2) is 0 Å². The Hall–Kier alpha value is -3.66. The molecular weight excluding hydrogens is 463 g/mol. The van der Waals surface area contributed by atoms with Crippen molar-refractivity contribution < 1.29 is 4.79 Å². The van der Waals surface area contributed by atoms with Gasteiger partial charge in [-0.3, -0.25) is 9.78 Å². The summed E-state index contributed by atoms with van der Waals surface area (Å²) in [6.45, 7) is 0. The van der Waals surface area contributed by atoms with E-state index in [2.05, 4.69) is 10.3 Å². The standard InChI is InChI=1S/C29H20Cl2N2O/c30-22-13-7-12-21(16-22)27(19-8-3-1-4-9-19)29(34)33-26-18-32-25-15-14-23(31)17-24(25)28(26)20-10-5-2-6-11-20/h1-18,27H,(H,33,34). The zero-order valence-electron chi connectivity index (χ0n) is 18.1. The topological polar surface area (TPSA) is 42.0 Å². The number of hydrogen-bond acceptors (Lipinski definition) is 2. The number of amides is 1. The Kier molecular flexibility index (Phi) is 6.31. The van der Waals surface area contributed by atoms with Gasteiger partial charge in [0.15, 0.2) is 0 Å². The number of hydrogen-bond donors (Lipinski definition) is 1. The zero-order valence-corrected chi connectivity index (χ0v) is 19.6. The molecule has 1 amide bonds. The van der Waals surface area contributed by atoms with Crippen molar-refractivity contribution in [3.8, 4) is 11.1 Å². The lowest BCUT2D eigenvalue weighted by Gasteiger charge is -2.20. The van der Waals surface area contributed by atoms with Crippen LogP contribution in [0.15, 0.2) is 109 Å². The number of fused-ring (bicyclic) bond motifs is 1. The second-order valence-electron chi connectivity index (χ2n) is 7.96. The Labute approximate surface area is 208 Å². The largest absolute Gasteiger partial charge is 0.323 e. The molecule has 4 aromatic carbocycles. The molecule has 34 heavy (non-hydrogen) atoms. The Morgan fingerprint density at radius 1 is 0.735 bits per heavy atom. The molecule has 0 saturated heterocycles. The van der Waals surface area contributed by atoms with E-state index in [4.69, 9.17) is 23.2 Å².